The smallest absolute Gasteiger partial charge is 0.329 e. The number of hydrogen-bond acceptors (Lipinski definition) is 4. The van der Waals surface area contributed by atoms with Gasteiger partial charge in [-0.15, -0.1) is 0 Å². The van der Waals surface area contributed by atoms with Crippen LogP contribution in [-0.4, -0.2) is 22.3 Å². The van der Waals surface area contributed by atoms with Crippen molar-refractivity contribution < 1.29 is 31.3 Å². The summed E-state index contributed by atoms with van der Waals surface area (Å²) in [4.78, 5) is 14.0. The van der Waals surface area contributed by atoms with Crippen LogP contribution in [0, 0.1) is 0 Å². The first-order chi connectivity index (χ1) is 9.77. The van der Waals surface area contributed by atoms with Crippen molar-refractivity contribution in [3.63, 3.8) is 0 Å². The molecule has 0 saturated carbocycles. The van der Waals surface area contributed by atoms with Crippen LogP contribution in [0.4, 0.5) is 22.0 Å². The molecule has 0 saturated heterocycles. The van der Waals surface area contributed by atoms with Gasteiger partial charge in [-0.3, -0.25) is 4.79 Å². The van der Waals surface area contributed by atoms with E-state index in [4.69, 9.17) is 0 Å². The largest absolute Gasteiger partial charge is 0.471 e. The maximum absolute atomic E-state index is 12.3. The van der Waals surface area contributed by atoms with E-state index >= 15 is 0 Å². The zero-order valence-corrected chi connectivity index (χ0v) is 10.2. The first-order valence-electron chi connectivity index (χ1n) is 5.58. The molecule has 1 aromatic carbocycles. The van der Waals surface area contributed by atoms with Gasteiger partial charge in [-0.2, -0.15) is 18.2 Å². The Kier molecular flexibility index (Phi) is 4.01. The van der Waals surface area contributed by atoms with E-state index in [0.29, 0.717) is 5.56 Å². The Morgan fingerprint density at radius 2 is 1.81 bits per heavy atom. The maximum Gasteiger partial charge on any atom is 0.471 e. The third-order valence-electron chi connectivity index (χ3n) is 2.50. The van der Waals surface area contributed by atoms with Crippen molar-refractivity contribution in [1.29, 1.82) is 0 Å². The molecule has 21 heavy (non-hydrogen) atoms. The number of carbonyl (C=O) groups excluding carboxylic acids is 1. The number of alkyl halides is 5. The monoisotopic (exact) mass is 306 g/mol. The molecule has 4 nitrogen and oxygen atoms in total. The predicted molar refractivity (Wildman–Crippen MR) is 59.5 cm³/mol. The number of carbonyl (C=O) groups is 1. The molecule has 0 aliphatic rings. The molecule has 0 fully saturated rings. The van der Waals surface area contributed by atoms with Gasteiger partial charge >= 0.3 is 12.1 Å². The summed E-state index contributed by atoms with van der Waals surface area (Å²) in [7, 11) is 0. The van der Waals surface area contributed by atoms with Crippen LogP contribution >= 0.6 is 0 Å². The van der Waals surface area contributed by atoms with Crippen LogP contribution in [0.3, 0.4) is 0 Å². The van der Waals surface area contributed by atoms with Crippen LogP contribution in [0.2, 0.25) is 0 Å². The van der Waals surface area contributed by atoms with Gasteiger partial charge < -0.3 is 4.52 Å². The number of ketones is 1. The Morgan fingerprint density at radius 3 is 2.29 bits per heavy atom. The number of benzene rings is 1. The second-order valence-corrected chi connectivity index (χ2v) is 4.06. The van der Waals surface area contributed by atoms with E-state index in [-0.39, 0.29) is 11.4 Å². The second kappa shape index (κ2) is 5.58. The van der Waals surface area contributed by atoms with E-state index in [2.05, 4.69) is 14.7 Å². The third kappa shape index (κ3) is 3.61. The van der Waals surface area contributed by atoms with Crippen LogP contribution in [0.25, 0.3) is 11.4 Å². The van der Waals surface area contributed by atoms with Gasteiger partial charge in [0.25, 0.3) is 6.43 Å². The summed E-state index contributed by atoms with van der Waals surface area (Å²) in [5, 5.41) is 3.18. The molecule has 0 aliphatic heterocycles. The van der Waals surface area contributed by atoms with Gasteiger partial charge in [-0.1, -0.05) is 29.4 Å². The molecule has 0 radical (unpaired) electrons. The highest BCUT2D eigenvalue weighted by atomic mass is 19.4. The fourth-order valence-electron chi connectivity index (χ4n) is 1.51. The lowest BCUT2D eigenvalue weighted by molar-refractivity contribution is -0.159. The zero-order chi connectivity index (χ0) is 15.6. The van der Waals surface area contributed by atoms with Gasteiger partial charge in [0, 0.05) is 12.0 Å². The van der Waals surface area contributed by atoms with E-state index in [1.54, 1.807) is 0 Å². The fourth-order valence-corrected chi connectivity index (χ4v) is 1.51. The average molecular weight is 306 g/mol. The van der Waals surface area contributed by atoms with E-state index in [1.165, 1.54) is 24.3 Å². The highest BCUT2D eigenvalue weighted by Gasteiger charge is 2.38. The summed E-state index contributed by atoms with van der Waals surface area (Å²) in [5.74, 6) is -3.00. The van der Waals surface area contributed by atoms with Gasteiger partial charge in [-0.25, -0.2) is 8.78 Å². The van der Waals surface area contributed by atoms with Gasteiger partial charge in [0.1, 0.15) is 0 Å². The molecule has 0 N–H and O–H groups in total. The number of nitrogens with zero attached hydrogens (tertiary/aromatic N) is 2. The van der Waals surface area contributed by atoms with Crippen LogP contribution in [0.15, 0.2) is 28.8 Å². The minimum Gasteiger partial charge on any atom is -0.329 e. The van der Waals surface area contributed by atoms with E-state index in [9.17, 15) is 26.7 Å². The maximum atomic E-state index is 12.3. The Labute approximate surface area is 114 Å². The van der Waals surface area contributed by atoms with E-state index in [0.717, 1.165) is 0 Å². The van der Waals surface area contributed by atoms with Crippen molar-refractivity contribution in [1.82, 2.24) is 10.1 Å². The Balaban J connectivity index is 2.16. The lowest BCUT2D eigenvalue weighted by Crippen LogP contribution is -2.12. The molecule has 2 rings (SSSR count). The Morgan fingerprint density at radius 1 is 1.19 bits per heavy atom. The summed E-state index contributed by atoms with van der Waals surface area (Å²) in [5.41, 5.74) is 0.520. The van der Waals surface area contributed by atoms with Crippen LogP contribution < -0.4 is 0 Å². The molecule has 0 amide bonds. The van der Waals surface area contributed by atoms with Crippen molar-refractivity contribution in [3.8, 4) is 11.4 Å². The minimum absolute atomic E-state index is 0.211. The van der Waals surface area contributed by atoms with E-state index in [1.807, 2.05) is 0 Å². The molecule has 2 aromatic rings. The number of halogens is 5. The van der Waals surface area contributed by atoms with Crippen molar-refractivity contribution in [2.24, 2.45) is 0 Å². The predicted octanol–water partition coefficient (Wildman–Crippen LogP) is 3.13. The first-order valence-corrected chi connectivity index (χ1v) is 5.58. The molecule has 0 aliphatic carbocycles. The summed E-state index contributed by atoms with van der Waals surface area (Å²) < 4.78 is 65.1. The van der Waals surface area contributed by atoms with Crippen molar-refractivity contribution >= 4 is 5.78 Å². The molecule has 112 valence electrons. The quantitative estimate of drug-likeness (QED) is 0.814. The zero-order valence-electron chi connectivity index (χ0n) is 10.2. The van der Waals surface area contributed by atoms with Gasteiger partial charge in [-0.05, 0) is 5.56 Å². The Hall–Kier alpha value is -2.32. The molecular formula is C12H7F5N2O2. The summed E-state index contributed by atoms with van der Waals surface area (Å²) in [6.45, 7) is 0. The summed E-state index contributed by atoms with van der Waals surface area (Å²) in [6.07, 6.45) is -8.26. The molecule has 0 bridgehead atoms. The third-order valence-corrected chi connectivity index (χ3v) is 2.50. The molecule has 0 spiro atoms. The lowest BCUT2D eigenvalue weighted by atomic mass is 10.1. The average Bonchev–Trinajstić information content (AvgIpc) is 2.89. The van der Waals surface area contributed by atoms with Crippen LogP contribution in [0.5, 0.6) is 0 Å². The number of Topliss-reactive ketones (excluding diaryl/α,β-unsaturated/α-hetero) is 1. The van der Waals surface area contributed by atoms with Crippen molar-refractivity contribution in [3.05, 3.63) is 35.7 Å². The van der Waals surface area contributed by atoms with Crippen LogP contribution in [-0.2, 0) is 17.4 Å². The van der Waals surface area contributed by atoms with Gasteiger partial charge in [0.2, 0.25) is 11.6 Å². The topological polar surface area (TPSA) is 56.0 Å². The van der Waals surface area contributed by atoms with Crippen molar-refractivity contribution in [2.45, 2.75) is 19.0 Å². The molecule has 0 atom stereocenters. The highest BCUT2D eigenvalue weighted by Crippen LogP contribution is 2.29. The second-order valence-electron chi connectivity index (χ2n) is 4.06. The minimum atomic E-state index is -4.74. The molecule has 9 heteroatoms. The van der Waals surface area contributed by atoms with Gasteiger partial charge in [0.05, 0.1) is 0 Å². The van der Waals surface area contributed by atoms with E-state index < -0.39 is 30.7 Å². The highest BCUT2D eigenvalue weighted by molar-refractivity contribution is 5.83. The van der Waals surface area contributed by atoms with Gasteiger partial charge in [0.15, 0.2) is 0 Å². The van der Waals surface area contributed by atoms with Crippen molar-refractivity contribution in [2.75, 3.05) is 0 Å². The molecule has 1 aromatic heterocycles. The standard InChI is InChI=1S/C12H7F5N2O2/c13-9(14)8(20)5-6-1-3-7(4-2-6)10-18-11(21-19-10)12(15,16)17/h1-4,9H,5H2. The number of hydrogen-bond donors (Lipinski definition) is 0. The first kappa shape index (κ1) is 15.1. The normalized spacial score (nSPS) is 11.9. The lowest BCUT2D eigenvalue weighted by Gasteiger charge is -2.01. The number of aromatic nitrogens is 2. The SMILES string of the molecule is O=C(Cc1ccc(-c2noc(C(F)(F)F)n2)cc1)C(F)F. The van der Waals surface area contributed by atoms with Crippen LogP contribution in [0.1, 0.15) is 11.5 Å². The Bertz CT molecular complexity index is 634. The fraction of sp³-hybridized carbons (Fsp3) is 0.250. The molecule has 0 unspecified atom stereocenters. The number of rotatable bonds is 4. The summed E-state index contributed by atoms with van der Waals surface area (Å²) >= 11 is 0. The molecular weight excluding hydrogens is 299 g/mol. The molecule has 1 heterocycles. The summed E-state index contributed by atoms with van der Waals surface area (Å²) in [6, 6.07) is 5.30.